The molecule has 0 atom stereocenters. The summed E-state index contributed by atoms with van der Waals surface area (Å²) in [6.45, 7) is 13.8. The molecule has 0 saturated carbocycles. The van der Waals surface area contributed by atoms with Crippen molar-refractivity contribution >= 4 is 33.3 Å². The highest BCUT2D eigenvalue weighted by Gasteiger charge is 2.22. The highest BCUT2D eigenvalue weighted by Crippen LogP contribution is 2.35. The van der Waals surface area contributed by atoms with E-state index in [4.69, 9.17) is 0 Å². The van der Waals surface area contributed by atoms with Gasteiger partial charge in [0, 0.05) is 19.1 Å². The van der Waals surface area contributed by atoms with Gasteiger partial charge in [0.25, 0.3) is 5.91 Å². The van der Waals surface area contributed by atoms with Gasteiger partial charge in [0.05, 0.1) is 10.3 Å². The van der Waals surface area contributed by atoms with E-state index in [2.05, 4.69) is 34.0 Å². The van der Waals surface area contributed by atoms with Crippen molar-refractivity contribution in [3.8, 4) is 0 Å². The predicted octanol–water partition coefficient (Wildman–Crippen LogP) is 3.29. The van der Waals surface area contributed by atoms with Gasteiger partial charge in [-0.2, -0.15) is 0 Å². The van der Waals surface area contributed by atoms with E-state index in [1.54, 1.807) is 0 Å². The van der Waals surface area contributed by atoms with Gasteiger partial charge in [-0.05, 0) is 47.1 Å². The number of thiophene rings is 1. The fraction of sp³-hybridized carbons (Fsp3) is 0.562. The molecule has 1 N–H and O–H groups in total. The van der Waals surface area contributed by atoms with Gasteiger partial charge in [0.1, 0.15) is 16.5 Å². The topological polar surface area (TPSA) is 58.1 Å². The van der Waals surface area contributed by atoms with Crippen LogP contribution in [0.25, 0.3) is 10.2 Å². The Morgan fingerprint density at radius 2 is 1.86 bits per heavy atom. The third-order valence-electron chi connectivity index (χ3n) is 3.57. The third-order valence-corrected chi connectivity index (χ3v) is 4.76. The maximum Gasteiger partial charge on any atom is 0.261 e. The molecule has 0 aromatic carbocycles. The molecule has 1 amide bonds. The first-order chi connectivity index (χ1) is 10.4. The lowest BCUT2D eigenvalue weighted by atomic mass is 10.1. The van der Waals surface area contributed by atoms with Gasteiger partial charge >= 0.3 is 0 Å². The number of nitrogens with one attached hydrogen (secondary N) is 1. The third kappa shape index (κ3) is 3.06. The van der Waals surface area contributed by atoms with Gasteiger partial charge in [-0.1, -0.05) is 0 Å². The zero-order valence-electron chi connectivity index (χ0n) is 14.1. The Hall–Kier alpha value is -1.69. The summed E-state index contributed by atoms with van der Waals surface area (Å²) in [6.07, 6.45) is 0. The second-order valence-electron chi connectivity index (χ2n) is 5.63. The molecule has 0 bridgehead atoms. The van der Waals surface area contributed by atoms with Crippen LogP contribution in [-0.4, -0.2) is 35.0 Å². The van der Waals surface area contributed by atoms with Crippen LogP contribution in [0.1, 0.15) is 48.8 Å². The second-order valence-corrected chi connectivity index (χ2v) is 6.63. The maximum atomic E-state index is 12.4. The summed E-state index contributed by atoms with van der Waals surface area (Å²) in [4.78, 5) is 25.4. The van der Waals surface area contributed by atoms with Crippen LogP contribution in [0.3, 0.4) is 0 Å². The highest BCUT2D eigenvalue weighted by atomic mass is 32.1. The van der Waals surface area contributed by atoms with Crippen molar-refractivity contribution in [2.45, 2.75) is 47.6 Å². The number of hydrogen-bond acceptors (Lipinski definition) is 5. The summed E-state index contributed by atoms with van der Waals surface area (Å²) in [7, 11) is 0. The van der Waals surface area contributed by atoms with E-state index >= 15 is 0 Å². The number of anilines is 1. The maximum absolute atomic E-state index is 12.4. The van der Waals surface area contributed by atoms with E-state index in [0.29, 0.717) is 0 Å². The zero-order chi connectivity index (χ0) is 16.4. The first kappa shape index (κ1) is 16.7. The number of aryl methyl sites for hydroxylation is 2. The molecular weight excluding hydrogens is 296 g/mol. The monoisotopic (exact) mass is 320 g/mol. The first-order valence-electron chi connectivity index (χ1n) is 7.72. The molecule has 0 unspecified atom stereocenters. The molecular formula is C16H24N4OS. The SMILES string of the molecule is CCN(CC)c1nc(C)nc2sc(C(=O)NC(C)C)c(C)c12. The molecule has 5 nitrogen and oxygen atoms in total. The van der Waals surface area contributed by atoms with Crippen LogP contribution in [0.2, 0.25) is 0 Å². The van der Waals surface area contributed by atoms with Crippen LogP contribution in [-0.2, 0) is 0 Å². The summed E-state index contributed by atoms with van der Waals surface area (Å²) in [5.41, 5.74) is 0.972. The van der Waals surface area contributed by atoms with Gasteiger partial charge in [0.2, 0.25) is 0 Å². The molecule has 0 spiro atoms. The highest BCUT2D eigenvalue weighted by molar-refractivity contribution is 7.20. The van der Waals surface area contributed by atoms with Crippen molar-refractivity contribution in [3.05, 3.63) is 16.3 Å². The number of fused-ring (bicyclic) bond motifs is 1. The van der Waals surface area contributed by atoms with Crippen molar-refractivity contribution in [3.63, 3.8) is 0 Å². The molecule has 2 heterocycles. The largest absolute Gasteiger partial charge is 0.357 e. The summed E-state index contributed by atoms with van der Waals surface area (Å²) in [6, 6.07) is 0.118. The zero-order valence-corrected chi connectivity index (χ0v) is 15.0. The average Bonchev–Trinajstić information content (AvgIpc) is 2.76. The molecule has 2 aromatic heterocycles. The minimum Gasteiger partial charge on any atom is -0.357 e. The number of carbonyl (C=O) groups excluding carboxylic acids is 1. The van der Waals surface area contributed by atoms with Crippen LogP contribution in [0.15, 0.2) is 0 Å². The van der Waals surface area contributed by atoms with Gasteiger partial charge in [-0.25, -0.2) is 9.97 Å². The number of hydrogen-bond donors (Lipinski definition) is 1. The lowest BCUT2D eigenvalue weighted by molar-refractivity contribution is 0.0947. The molecule has 120 valence electrons. The average molecular weight is 320 g/mol. The smallest absolute Gasteiger partial charge is 0.261 e. The molecule has 0 saturated heterocycles. The second kappa shape index (κ2) is 6.60. The van der Waals surface area contributed by atoms with E-state index in [1.165, 1.54) is 11.3 Å². The van der Waals surface area contributed by atoms with E-state index in [0.717, 1.165) is 45.4 Å². The van der Waals surface area contributed by atoms with E-state index in [9.17, 15) is 4.79 Å². The van der Waals surface area contributed by atoms with Crippen LogP contribution in [0, 0.1) is 13.8 Å². The number of carbonyl (C=O) groups is 1. The Kier molecular flexibility index (Phi) is 5.01. The van der Waals surface area contributed by atoms with Gasteiger partial charge in [-0.15, -0.1) is 11.3 Å². The van der Waals surface area contributed by atoms with Crippen LogP contribution in [0.4, 0.5) is 5.82 Å². The van der Waals surface area contributed by atoms with Gasteiger partial charge in [0.15, 0.2) is 0 Å². The number of amides is 1. The predicted molar refractivity (Wildman–Crippen MR) is 93.1 cm³/mol. The van der Waals surface area contributed by atoms with E-state index in [-0.39, 0.29) is 11.9 Å². The van der Waals surface area contributed by atoms with Crippen molar-refractivity contribution in [1.29, 1.82) is 0 Å². The minimum atomic E-state index is -0.0290. The van der Waals surface area contributed by atoms with Crippen LogP contribution < -0.4 is 10.2 Å². The number of aromatic nitrogens is 2. The molecule has 0 fully saturated rings. The fourth-order valence-corrected chi connectivity index (χ4v) is 3.64. The molecule has 0 aliphatic carbocycles. The van der Waals surface area contributed by atoms with E-state index in [1.807, 2.05) is 27.7 Å². The molecule has 6 heteroatoms. The lowest BCUT2D eigenvalue weighted by Gasteiger charge is -2.21. The summed E-state index contributed by atoms with van der Waals surface area (Å²) in [5, 5.41) is 3.97. The van der Waals surface area contributed by atoms with E-state index < -0.39 is 0 Å². The Balaban J connectivity index is 2.63. The fourth-order valence-electron chi connectivity index (χ4n) is 2.52. The Labute approximate surface area is 135 Å². The lowest BCUT2D eigenvalue weighted by Crippen LogP contribution is -2.29. The Bertz CT molecular complexity index is 689. The van der Waals surface area contributed by atoms with Crippen molar-refractivity contribution in [2.24, 2.45) is 0 Å². The summed E-state index contributed by atoms with van der Waals surface area (Å²) < 4.78 is 0. The van der Waals surface area contributed by atoms with Crippen molar-refractivity contribution < 1.29 is 4.79 Å². The van der Waals surface area contributed by atoms with Crippen molar-refractivity contribution in [1.82, 2.24) is 15.3 Å². The molecule has 0 aliphatic rings. The van der Waals surface area contributed by atoms with Gasteiger partial charge < -0.3 is 10.2 Å². The molecule has 2 aromatic rings. The molecule has 0 radical (unpaired) electrons. The Morgan fingerprint density at radius 3 is 2.41 bits per heavy atom. The number of nitrogens with zero attached hydrogens (tertiary/aromatic N) is 3. The Morgan fingerprint density at radius 1 is 1.23 bits per heavy atom. The molecule has 0 aliphatic heterocycles. The first-order valence-corrected chi connectivity index (χ1v) is 8.54. The summed E-state index contributed by atoms with van der Waals surface area (Å²) in [5.74, 6) is 1.65. The quantitative estimate of drug-likeness (QED) is 0.918. The summed E-state index contributed by atoms with van der Waals surface area (Å²) >= 11 is 1.45. The normalized spacial score (nSPS) is 11.2. The van der Waals surface area contributed by atoms with Crippen molar-refractivity contribution in [2.75, 3.05) is 18.0 Å². The standard InChI is InChI=1S/C16H24N4OS/c1-7-20(8-2)14-12-10(5)13(15(21)17-9(3)4)22-16(12)19-11(6)18-14/h9H,7-8H2,1-6H3,(H,17,21). The molecule has 2 rings (SSSR count). The minimum absolute atomic E-state index is 0.0290. The number of rotatable bonds is 5. The molecule has 22 heavy (non-hydrogen) atoms. The van der Waals surface area contributed by atoms with Crippen LogP contribution >= 0.6 is 11.3 Å². The van der Waals surface area contributed by atoms with Gasteiger partial charge in [-0.3, -0.25) is 4.79 Å². The van der Waals surface area contributed by atoms with Crippen LogP contribution in [0.5, 0.6) is 0 Å².